The molecular formula is C31H21Cl3N2O6. The van der Waals surface area contributed by atoms with Crippen molar-refractivity contribution in [3.63, 3.8) is 0 Å². The molecule has 3 aliphatic rings. The zero-order chi connectivity index (χ0) is 29.7. The third-order valence-electron chi connectivity index (χ3n) is 7.86. The van der Waals surface area contributed by atoms with Gasteiger partial charge in [-0.3, -0.25) is 19.2 Å². The van der Waals surface area contributed by atoms with Gasteiger partial charge in [0.25, 0.3) is 17.7 Å². The summed E-state index contributed by atoms with van der Waals surface area (Å²) in [5.74, 6) is -4.15. The second-order valence-corrected chi connectivity index (χ2v) is 11.5. The number of halogens is 3. The summed E-state index contributed by atoms with van der Waals surface area (Å²) in [5, 5.41) is 2.33. The number of ketones is 1. The number of carbonyl (C=O) groups excluding carboxylic acids is 5. The summed E-state index contributed by atoms with van der Waals surface area (Å²) in [6, 6.07) is 16.2. The van der Waals surface area contributed by atoms with Crippen LogP contribution in [0.3, 0.4) is 0 Å². The van der Waals surface area contributed by atoms with Crippen LogP contribution in [0.15, 0.2) is 78.9 Å². The molecule has 3 amide bonds. The van der Waals surface area contributed by atoms with Crippen molar-refractivity contribution < 1.29 is 28.7 Å². The SMILES string of the molecule is O=C(CN(C(=O)c1ccccc1Cl)N1C(=O)[C@@H]2[C@@H](C1=O)[C@H]1C=C[C@H]2C1)c1ccc(OC(=O)c2ccc(Cl)cc2Cl)cc1. The molecule has 1 saturated heterocycles. The monoisotopic (exact) mass is 622 g/mol. The van der Waals surface area contributed by atoms with Gasteiger partial charge in [0.05, 0.1) is 33.0 Å². The molecule has 1 saturated carbocycles. The molecule has 11 heteroatoms. The van der Waals surface area contributed by atoms with Crippen molar-refractivity contribution in [2.24, 2.45) is 23.7 Å². The first-order valence-electron chi connectivity index (χ1n) is 13.1. The van der Waals surface area contributed by atoms with Crippen molar-refractivity contribution in [1.29, 1.82) is 0 Å². The number of hydrogen-bond donors (Lipinski definition) is 0. The highest BCUT2D eigenvalue weighted by Crippen LogP contribution is 2.52. The first-order chi connectivity index (χ1) is 20.1. The fourth-order valence-corrected chi connectivity index (χ4v) is 6.59. The van der Waals surface area contributed by atoms with Gasteiger partial charge in [0.15, 0.2) is 5.78 Å². The Morgan fingerprint density at radius 1 is 0.810 bits per heavy atom. The molecule has 2 fully saturated rings. The van der Waals surface area contributed by atoms with Crippen molar-refractivity contribution in [1.82, 2.24) is 10.0 Å². The summed E-state index contributed by atoms with van der Waals surface area (Å²) < 4.78 is 5.36. The Bertz CT molecular complexity index is 1660. The third kappa shape index (κ3) is 4.89. The molecule has 3 aromatic carbocycles. The number of carbonyl (C=O) groups is 5. The predicted molar refractivity (Wildman–Crippen MR) is 154 cm³/mol. The summed E-state index contributed by atoms with van der Waals surface area (Å²) in [5.41, 5.74) is 0.328. The average Bonchev–Trinajstić information content (AvgIpc) is 3.65. The fraction of sp³-hybridized carbons (Fsp3) is 0.194. The molecule has 2 aliphatic carbocycles. The van der Waals surface area contributed by atoms with Gasteiger partial charge in [-0.15, -0.1) is 0 Å². The number of benzene rings is 3. The number of nitrogens with zero attached hydrogens (tertiary/aromatic N) is 2. The molecule has 3 aromatic rings. The van der Waals surface area contributed by atoms with Crippen LogP contribution in [0.25, 0.3) is 0 Å². The first-order valence-corrected chi connectivity index (χ1v) is 14.2. The lowest BCUT2D eigenvalue weighted by molar-refractivity contribution is -0.154. The lowest BCUT2D eigenvalue weighted by Gasteiger charge is -2.31. The maximum absolute atomic E-state index is 13.7. The Kier molecular flexibility index (Phi) is 7.39. The van der Waals surface area contributed by atoms with Crippen LogP contribution in [-0.4, -0.2) is 46.0 Å². The molecule has 42 heavy (non-hydrogen) atoms. The van der Waals surface area contributed by atoms with E-state index in [1.54, 1.807) is 12.1 Å². The van der Waals surface area contributed by atoms with Gasteiger partial charge in [-0.1, -0.05) is 59.1 Å². The van der Waals surface area contributed by atoms with E-state index in [0.29, 0.717) is 5.02 Å². The number of allylic oxidation sites excluding steroid dienone is 2. The van der Waals surface area contributed by atoms with Gasteiger partial charge in [0.1, 0.15) is 12.3 Å². The van der Waals surface area contributed by atoms with Crippen molar-refractivity contribution in [3.05, 3.63) is 111 Å². The van der Waals surface area contributed by atoms with E-state index in [1.807, 2.05) is 12.2 Å². The quantitative estimate of drug-likeness (QED) is 0.107. The van der Waals surface area contributed by atoms with Gasteiger partial charge in [-0.2, -0.15) is 5.01 Å². The van der Waals surface area contributed by atoms with Crippen molar-refractivity contribution >= 4 is 64.3 Å². The van der Waals surface area contributed by atoms with Gasteiger partial charge in [0, 0.05) is 10.6 Å². The van der Waals surface area contributed by atoms with Gasteiger partial charge in [-0.05, 0) is 72.9 Å². The predicted octanol–water partition coefficient (Wildman–Crippen LogP) is 5.91. The van der Waals surface area contributed by atoms with E-state index in [1.165, 1.54) is 54.6 Å². The number of Topliss-reactive ketones (excluding diaryl/α,β-unsaturated/α-hetero) is 1. The van der Waals surface area contributed by atoms with Crippen molar-refractivity contribution in [2.75, 3.05) is 6.54 Å². The van der Waals surface area contributed by atoms with Crippen LogP contribution in [0.1, 0.15) is 37.5 Å². The van der Waals surface area contributed by atoms with E-state index in [2.05, 4.69) is 0 Å². The second-order valence-electron chi connectivity index (χ2n) is 10.3. The van der Waals surface area contributed by atoms with Crippen LogP contribution in [-0.2, 0) is 9.59 Å². The van der Waals surface area contributed by atoms with Gasteiger partial charge >= 0.3 is 5.97 Å². The molecular weight excluding hydrogens is 603 g/mol. The van der Waals surface area contributed by atoms with E-state index >= 15 is 0 Å². The highest BCUT2D eigenvalue weighted by atomic mass is 35.5. The fourth-order valence-electron chi connectivity index (χ4n) is 5.88. The standard InChI is InChI=1S/C31H21Cl3N2O6/c32-19-9-12-22(24(34)14-19)31(41)42-20-10-7-16(8-11-20)25(37)15-35(28(38)21-3-1-2-4-23(21)33)36-29(39)26-17-5-6-18(13-17)27(26)30(36)40/h1-12,14,17-18,26-27H,13,15H2/t17-,18-,26-,27-/m0/s1. The topological polar surface area (TPSA) is 101 Å². The zero-order valence-corrected chi connectivity index (χ0v) is 24.0. The number of hydrogen-bond acceptors (Lipinski definition) is 6. The minimum absolute atomic E-state index is 0.0499. The summed E-state index contributed by atoms with van der Waals surface area (Å²) in [7, 11) is 0. The summed E-state index contributed by atoms with van der Waals surface area (Å²) in [6.07, 6.45) is 4.61. The van der Waals surface area contributed by atoms with Gasteiger partial charge in [0.2, 0.25) is 0 Å². The minimum Gasteiger partial charge on any atom is -0.423 e. The average molecular weight is 624 g/mol. The van der Waals surface area contributed by atoms with Gasteiger partial charge < -0.3 is 4.74 Å². The van der Waals surface area contributed by atoms with E-state index in [4.69, 9.17) is 39.5 Å². The summed E-state index contributed by atoms with van der Waals surface area (Å²) >= 11 is 18.2. The smallest absolute Gasteiger partial charge is 0.345 e. The Labute approximate surface area is 255 Å². The Balaban J connectivity index is 1.24. The lowest BCUT2D eigenvalue weighted by Crippen LogP contribution is -2.52. The highest BCUT2D eigenvalue weighted by Gasteiger charge is 2.61. The molecule has 8 nitrogen and oxygen atoms in total. The molecule has 4 atom stereocenters. The number of esters is 1. The summed E-state index contributed by atoms with van der Waals surface area (Å²) in [6.45, 7) is -0.594. The van der Waals surface area contributed by atoms with Crippen LogP contribution in [0.4, 0.5) is 0 Å². The molecule has 0 N–H and O–H groups in total. The van der Waals surface area contributed by atoms with E-state index in [-0.39, 0.29) is 44.3 Å². The van der Waals surface area contributed by atoms with Crippen molar-refractivity contribution in [2.45, 2.75) is 6.42 Å². The molecule has 0 radical (unpaired) electrons. The number of amides is 3. The Hall–Kier alpha value is -3.98. The zero-order valence-electron chi connectivity index (χ0n) is 21.7. The van der Waals surface area contributed by atoms with Crippen LogP contribution < -0.4 is 4.74 Å². The largest absolute Gasteiger partial charge is 0.423 e. The Morgan fingerprint density at radius 3 is 2.07 bits per heavy atom. The molecule has 6 rings (SSSR count). The molecule has 0 aromatic heterocycles. The highest BCUT2D eigenvalue weighted by molar-refractivity contribution is 6.36. The maximum atomic E-state index is 13.7. The van der Waals surface area contributed by atoms with E-state index in [9.17, 15) is 24.0 Å². The number of fused-ring (bicyclic) bond motifs is 5. The van der Waals surface area contributed by atoms with E-state index < -0.39 is 47.9 Å². The lowest BCUT2D eigenvalue weighted by atomic mass is 9.85. The van der Waals surface area contributed by atoms with Crippen LogP contribution in [0, 0.1) is 23.7 Å². The maximum Gasteiger partial charge on any atom is 0.345 e. The number of imide groups is 1. The molecule has 1 heterocycles. The van der Waals surface area contributed by atoms with Gasteiger partial charge in [-0.25, -0.2) is 9.80 Å². The first kappa shape index (κ1) is 28.2. The van der Waals surface area contributed by atoms with E-state index in [0.717, 1.165) is 16.4 Å². The molecule has 0 spiro atoms. The van der Waals surface area contributed by atoms with Crippen LogP contribution in [0.5, 0.6) is 5.75 Å². The Morgan fingerprint density at radius 2 is 1.45 bits per heavy atom. The normalized spacial score (nSPS) is 21.9. The minimum atomic E-state index is -0.749. The second kappa shape index (κ2) is 11.0. The molecule has 2 bridgehead atoms. The molecule has 212 valence electrons. The van der Waals surface area contributed by atoms with Crippen LogP contribution >= 0.6 is 34.8 Å². The number of hydrazine groups is 1. The number of rotatable bonds is 7. The number of ether oxygens (including phenoxy) is 1. The third-order valence-corrected chi connectivity index (χ3v) is 8.74. The molecule has 1 aliphatic heterocycles. The van der Waals surface area contributed by atoms with Crippen molar-refractivity contribution in [3.8, 4) is 5.75 Å². The van der Waals surface area contributed by atoms with Crippen LogP contribution in [0.2, 0.25) is 15.1 Å². The molecule has 0 unspecified atom stereocenters. The summed E-state index contributed by atoms with van der Waals surface area (Å²) in [4.78, 5) is 66.8.